The lowest BCUT2D eigenvalue weighted by molar-refractivity contribution is -0.141. The van der Waals surface area contributed by atoms with Crippen LogP contribution in [0.25, 0.3) is 0 Å². The number of hydrogen-bond acceptors (Lipinski definition) is 8. The van der Waals surface area contributed by atoms with Crippen molar-refractivity contribution < 1.29 is 38.1 Å². The zero-order chi connectivity index (χ0) is 23.9. The van der Waals surface area contributed by atoms with Crippen molar-refractivity contribution in [1.82, 2.24) is 10.6 Å². The maximum atomic E-state index is 11.9. The molecule has 2 atom stereocenters. The summed E-state index contributed by atoms with van der Waals surface area (Å²) in [5.74, 6) is -1.19. The highest BCUT2D eigenvalue weighted by Crippen LogP contribution is 2.06. The number of nitrogens with one attached hydrogen (secondary N) is 2. The number of esters is 2. The van der Waals surface area contributed by atoms with Gasteiger partial charge in [-0.3, -0.25) is 0 Å². The maximum absolute atomic E-state index is 11.9. The number of carbonyl (C=O) groups excluding carboxylic acids is 4. The highest BCUT2D eigenvalue weighted by molar-refractivity contribution is 5.81. The van der Waals surface area contributed by atoms with Crippen molar-refractivity contribution in [3.05, 3.63) is 60.7 Å². The Morgan fingerprint density at radius 3 is 1.62 bits per heavy atom. The summed E-state index contributed by atoms with van der Waals surface area (Å²) in [6.45, 7) is 9.97. The van der Waals surface area contributed by atoms with E-state index in [1.54, 1.807) is 38.1 Å². The zero-order valence-electron chi connectivity index (χ0n) is 18.1. The highest BCUT2D eigenvalue weighted by Gasteiger charge is 2.12. The Kier molecular flexibility index (Phi) is 11.7. The fourth-order valence-electron chi connectivity index (χ4n) is 2.23. The van der Waals surface area contributed by atoms with Crippen molar-refractivity contribution in [2.24, 2.45) is 0 Å². The van der Waals surface area contributed by atoms with Crippen LogP contribution in [0.5, 0.6) is 0 Å². The first-order chi connectivity index (χ1) is 15.2. The number of alkyl carbamates (subject to hydrolysis) is 2. The van der Waals surface area contributed by atoms with Gasteiger partial charge in [0.15, 0.2) is 0 Å². The molecule has 0 fully saturated rings. The number of benzene rings is 1. The fourth-order valence-corrected chi connectivity index (χ4v) is 2.23. The highest BCUT2D eigenvalue weighted by atomic mass is 16.6. The van der Waals surface area contributed by atoms with E-state index in [9.17, 15) is 19.2 Å². The van der Waals surface area contributed by atoms with E-state index < -0.39 is 36.3 Å². The minimum Gasteiger partial charge on any atom is -0.459 e. The second-order valence-electron chi connectivity index (χ2n) is 6.63. The summed E-state index contributed by atoms with van der Waals surface area (Å²) < 4.78 is 19.8. The lowest BCUT2D eigenvalue weighted by Crippen LogP contribution is -2.30. The van der Waals surface area contributed by atoms with Crippen molar-refractivity contribution in [1.29, 1.82) is 0 Å². The first-order valence-corrected chi connectivity index (χ1v) is 9.78. The van der Waals surface area contributed by atoms with Crippen molar-refractivity contribution in [2.75, 3.05) is 13.2 Å². The van der Waals surface area contributed by atoms with Gasteiger partial charge in [0.2, 0.25) is 0 Å². The van der Waals surface area contributed by atoms with Gasteiger partial charge in [0.05, 0.1) is 0 Å². The van der Waals surface area contributed by atoms with Gasteiger partial charge in [-0.15, -0.1) is 0 Å². The molecule has 1 aromatic rings. The SMILES string of the molecule is C=CC(=O)OCC(C)OC(=O)NCc1cccc(CNC(=O)OC(C)COC(=O)C=C)c1. The van der Waals surface area contributed by atoms with E-state index in [0.717, 1.165) is 23.3 Å². The van der Waals surface area contributed by atoms with E-state index in [2.05, 4.69) is 23.8 Å². The molecule has 0 saturated carbocycles. The molecule has 10 heteroatoms. The van der Waals surface area contributed by atoms with E-state index in [1.807, 2.05) is 0 Å². The van der Waals surface area contributed by atoms with Gasteiger partial charge in [0.1, 0.15) is 25.4 Å². The van der Waals surface area contributed by atoms with Crippen LogP contribution < -0.4 is 10.6 Å². The van der Waals surface area contributed by atoms with Gasteiger partial charge < -0.3 is 29.6 Å². The molecule has 0 aliphatic heterocycles. The van der Waals surface area contributed by atoms with Crippen LogP contribution in [-0.4, -0.2) is 49.5 Å². The van der Waals surface area contributed by atoms with Gasteiger partial charge in [-0.25, -0.2) is 19.2 Å². The van der Waals surface area contributed by atoms with E-state index >= 15 is 0 Å². The molecule has 0 saturated heterocycles. The van der Waals surface area contributed by atoms with Crippen LogP contribution in [-0.2, 0) is 41.6 Å². The number of rotatable bonds is 12. The molecule has 0 aliphatic rings. The molecule has 0 aromatic heterocycles. The summed E-state index contributed by atoms with van der Waals surface area (Å²) in [6.07, 6.45) is -0.520. The molecule has 2 unspecified atom stereocenters. The molecule has 174 valence electrons. The van der Waals surface area contributed by atoms with Crippen LogP contribution in [0.3, 0.4) is 0 Å². The van der Waals surface area contributed by atoms with Crippen molar-refractivity contribution in [2.45, 2.75) is 39.1 Å². The molecular weight excluding hydrogens is 420 g/mol. The zero-order valence-corrected chi connectivity index (χ0v) is 18.1. The molecule has 2 N–H and O–H groups in total. The predicted octanol–water partition coefficient (Wildman–Crippen LogP) is 2.37. The number of hydrogen-bond donors (Lipinski definition) is 2. The topological polar surface area (TPSA) is 129 Å². The number of ether oxygens (including phenoxy) is 4. The second-order valence-corrected chi connectivity index (χ2v) is 6.63. The smallest absolute Gasteiger partial charge is 0.407 e. The summed E-state index contributed by atoms with van der Waals surface area (Å²) in [6, 6.07) is 7.17. The Hall–Kier alpha value is -3.82. The largest absolute Gasteiger partial charge is 0.459 e. The third-order valence-corrected chi connectivity index (χ3v) is 3.74. The Morgan fingerprint density at radius 1 is 0.844 bits per heavy atom. The molecule has 0 radical (unpaired) electrons. The Labute approximate surface area is 186 Å². The van der Waals surface area contributed by atoms with E-state index in [0.29, 0.717) is 0 Å². The normalized spacial score (nSPS) is 11.8. The Morgan fingerprint density at radius 2 is 1.25 bits per heavy atom. The minimum absolute atomic E-state index is 0.0785. The third kappa shape index (κ3) is 11.4. The third-order valence-electron chi connectivity index (χ3n) is 3.74. The maximum Gasteiger partial charge on any atom is 0.407 e. The quantitative estimate of drug-likeness (QED) is 0.283. The molecule has 10 nitrogen and oxygen atoms in total. The second kappa shape index (κ2) is 14.2. The predicted molar refractivity (Wildman–Crippen MR) is 114 cm³/mol. The molecule has 0 spiro atoms. The Balaban J connectivity index is 2.38. The molecule has 1 rings (SSSR count). The summed E-state index contributed by atoms with van der Waals surface area (Å²) in [5.41, 5.74) is 1.56. The van der Waals surface area contributed by atoms with Crippen LogP contribution in [0.4, 0.5) is 9.59 Å². The van der Waals surface area contributed by atoms with E-state index in [-0.39, 0.29) is 26.3 Å². The molecule has 0 bridgehead atoms. The van der Waals surface area contributed by atoms with Gasteiger partial charge in [0.25, 0.3) is 0 Å². The fraction of sp³-hybridized carbons (Fsp3) is 0.364. The van der Waals surface area contributed by atoms with E-state index in [4.69, 9.17) is 18.9 Å². The Bertz CT molecular complexity index is 761. The molecular formula is C22H28N2O8. The van der Waals surface area contributed by atoms with E-state index in [1.165, 1.54) is 0 Å². The van der Waals surface area contributed by atoms with Crippen LogP contribution >= 0.6 is 0 Å². The molecule has 0 heterocycles. The van der Waals surface area contributed by atoms with Crippen molar-refractivity contribution >= 4 is 24.1 Å². The standard InChI is InChI=1S/C22H28N2O8/c1-5-19(25)29-13-15(3)31-21(27)23-11-17-8-7-9-18(10-17)12-24-22(28)32-16(4)14-30-20(26)6-2/h5-10,15-16H,1-2,11-14H2,3-4H3,(H,23,27)(H,24,28). The average Bonchev–Trinajstić information content (AvgIpc) is 2.78. The van der Waals surface area contributed by atoms with Gasteiger partial charge >= 0.3 is 24.1 Å². The first-order valence-electron chi connectivity index (χ1n) is 9.78. The summed E-state index contributed by atoms with van der Waals surface area (Å²) in [4.78, 5) is 45.7. The van der Waals surface area contributed by atoms with Gasteiger partial charge in [0, 0.05) is 25.2 Å². The van der Waals surface area contributed by atoms with Gasteiger partial charge in [-0.2, -0.15) is 0 Å². The van der Waals surface area contributed by atoms with Crippen molar-refractivity contribution in [3.63, 3.8) is 0 Å². The molecule has 2 amide bonds. The van der Waals surface area contributed by atoms with Crippen LogP contribution in [0.15, 0.2) is 49.6 Å². The minimum atomic E-state index is -0.662. The molecule has 1 aromatic carbocycles. The number of carbonyl (C=O) groups is 4. The van der Waals surface area contributed by atoms with Crippen LogP contribution in [0.2, 0.25) is 0 Å². The lowest BCUT2D eigenvalue weighted by atomic mass is 10.1. The molecule has 32 heavy (non-hydrogen) atoms. The lowest BCUT2D eigenvalue weighted by Gasteiger charge is -2.14. The van der Waals surface area contributed by atoms with Gasteiger partial charge in [-0.1, -0.05) is 37.4 Å². The molecule has 0 aliphatic carbocycles. The average molecular weight is 448 g/mol. The van der Waals surface area contributed by atoms with Crippen LogP contribution in [0, 0.1) is 0 Å². The van der Waals surface area contributed by atoms with Crippen LogP contribution in [0.1, 0.15) is 25.0 Å². The first kappa shape index (κ1) is 26.2. The van der Waals surface area contributed by atoms with Crippen molar-refractivity contribution in [3.8, 4) is 0 Å². The summed E-state index contributed by atoms with van der Waals surface area (Å²) in [7, 11) is 0. The summed E-state index contributed by atoms with van der Waals surface area (Å²) in [5, 5.41) is 5.19. The summed E-state index contributed by atoms with van der Waals surface area (Å²) >= 11 is 0. The van der Waals surface area contributed by atoms with Gasteiger partial charge in [-0.05, 0) is 25.0 Å². The monoisotopic (exact) mass is 448 g/mol. The number of amides is 2.